The normalized spacial score (nSPS) is 10.8. The van der Waals surface area contributed by atoms with Gasteiger partial charge in [-0.3, -0.25) is 4.79 Å². The third-order valence-electron chi connectivity index (χ3n) is 2.90. The molecule has 0 bridgehead atoms. The minimum absolute atomic E-state index is 0.0156. The number of aryl methyl sites for hydroxylation is 1. The lowest BCUT2D eigenvalue weighted by Gasteiger charge is -2.03. The van der Waals surface area contributed by atoms with Crippen LogP contribution in [0.2, 0.25) is 0 Å². The Kier molecular flexibility index (Phi) is 4.87. The first-order valence-corrected chi connectivity index (χ1v) is 6.78. The van der Waals surface area contributed by atoms with Gasteiger partial charge in [0, 0.05) is 12.3 Å². The van der Waals surface area contributed by atoms with Crippen molar-refractivity contribution in [3.8, 4) is 0 Å². The van der Waals surface area contributed by atoms with Gasteiger partial charge in [-0.2, -0.15) is 0 Å². The fraction of sp³-hybridized carbons (Fsp3) is 0.400. The Balaban J connectivity index is 1.74. The summed E-state index contributed by atoms with van der Waals surface area (Å²) in [4.78, 5) is 11.7. The summed E-state index contributed by atoms with van der Waals surface area (Å²) < 4.78 is 5.42. The van der Waals surface area contributed by atoms with Crippen LogP contribution in [0.5, 0.6) is 0 Å². The van der Waals surface area contributed by atoms with Crippen LogP contribution in [0.15, 0.2) is 34.7 Å². The molecule has 1 aromatic heterocycles. The summed E-state index contributed by atoms with van der Waals surface area (Å²) in [6.07, 6.45) is 1.18. The Morgan fingerprint density at radius 1 is 1.25 bits per heavy atom. The number of benzene rings is 1. The zero-order valence-electron chi connectivity index (χ0n) is 11.8. The molecule has 0 unspecified atom stereocenters. The quantitative estimate of drug-likeness (QED) is 0.877. The maximum atomic E-state index is 11.7. The van der Waals surface area contributed by atoms with Crippen LogP contribution < -0.4 is 5.32 Å². The van der Waals surface area contributed by atoms with E-state index in [1.807, 2.05) is 44.2 Å². The van der Waals surface area contributed by atoms with E-state index >= 15 is 0 Å². The van der Waals surface area contributed by atoms with Crippen LogP contribution in [0.3, 0.4) is 0 Å². The van der Waals surface area contributed by atoms with Gasteiger partial charge in [-0.25, -0.2) is 0 Å². The maximum absolute atomic E-state index is 11.7. The molecule has 1 N–H and O–H groups in total. The van der Waals surface area contributed by atoms with E-state index in [1.54, 1.807) is 0 Å². The molecule has 0 saturated carbocycles. The molecule has 5 heteroatoms. The van der Waals surface area contributed by atoms with Crippen molar-refractivity contribution in [1.29, 1.82) is 0 Å². The van der Waals surface area contributed by atoms with Crippen molar-refractivity contribution in [3.05, 3.63) is 47.7 Å². The highest BCUT2D eigenvalue weighted by atomic mass is 16.4. The summed E-state index contributed by atoms with van der Waals surface area (Å²) in [5.41, 5.74) is 1.16. The van der Waals surface area contributed by atoms with Gasteiger partial charge in [0.2, 0.25) is 17.7 Å². The average molecular weight is 273 g/mol. The Morgan fingerprint density at radius 2 is 2.00 bits per heavy atom. The molecule has 0 aliphatic heterocycles. The summed E-state index contributed by atoms with van der Waals surface area (Å²) in [6, 6.07) is 9.93. The molecule has 2 aromatic rings. The van der Waals surface area contributed by atoms with Gasteiger partial charge in [-0.15, -0.1) is 10.2 Å². The van der Waals surface area contributed by atoms with Gasteiger partial charge in [-0.1, -0.05) is 44.2 Å². The first-order valence-electron chi connectivity index (χ1n) is 6.78. The summed E-state index contributed by atoms with van der Waals surface area (Å²) in [7, 11) is 0. The van der Waals surface area contributed by atoms with Crippen LogP contribution in [0.25, 0.3) is 0 Å². The maximum Gasteiger partial charge on any atom is 0.235 e. The number of hydrogen-bond donors (Lipinski definition) is 1. The fourth-order valence-electron chi connectivity index (χ4n) is 1.74. The molecule has 1 aromatic carbocycles. The van der Waals surface area contributed by atoms with Crippen molar-refractivity contribution in [1.82, 2.24) is 15.5 Å². The second-order valence-electron chi connectivity index (χ2n) is 4.95. The Labute approximate surface area is 118 Å². The number of nitrogens with one attached hydrogen (secondary N) is 1. The molecular weight excluding hydrogens is 254 g/mol. The molecule has 1 heterocycles. The average Bonchev–Trinajstić information content (AvgIpc) is 2.93. The molecule has 0 atom stereocenters. The van der Waals surface area contributed by atoms with Gasteiger partial charge < -0.3 is 9.73 Å². The summed E-state index contributed by atoms with van der Waals surface area (Å²) >= 11 is 0. The smallest absolute Gasteiger partial charge is 0.235 e. The number of carbonyl (C=O) groups excluding carboxylic acids is 1. The monoisotopic (exact) mass is 273 g/mol. The van der Waals surface area contributed by atoms with Crippen molar-refractivity contribution >= 4 is 5.91 Å². The van der Waals surface area contributed by atoms with Crippen LogP contribution in [0.1, 0.15) is 43.5 Å². The first-order chi connectivity index (χ1) is 9.65. The fourth-order valence-corrected chi connectivity index (χ4v) is 1.74. The van der Waals surface area contributed by atoms with E-state index in [0.717, 1.165) is 12.0 Å². The van der Waals surface area contributed by atoms with Gasteiger partial charge in [0.1, 0.15) is 0 Å². The molecule has 20 heavy (non-hydrogen) atoms. The van der Waals surface area contributed by atoms with Crippen molar-refractivity contribution in [2.45, 2.75) is 39.2 Å². The SMILES string of the molecule is CC(C)c1nnc(CNC(=O)CCc2ccccc2)o1. The largest absolute Gasteiger partial charge is 0.423 e. The van der Waals surface area contributed by atoms with Crippen LogP contribution >= 0.6 is 0 Å². The molecule has 1 amide bonds. The van der Waals surface area contributed by atoms with E-state index in [-0.39, 0.29) is 18.4 Å². The molecule has 0 aliphatic carbocycles. The van der Waals surface area contributed by atoms with E-state index in [2.05, 4.69) is 15.5 Å². The zero-order chi connectivity index (χ0) is 14.4. The van der Waals surface area contributed by atoms with Crippen LogP contribution in [0, 0.1) is 0 Å². The molecule has 5 nitrogen and oxygen atoms in total. The van der Waals surface area contributed by atoms with Crippen molar-refractivity contribution in [3.63, 3.8) is 0 Å². The highest BCUT2D eigenvalue weighted by Crippen LogP contribution is 2.11. The predicted molar refractivity (Wildman–Crippen MR) is 75.0 cm³/mol. The highest BCUT2D eigenvalue weighted by Gasteiger charge is 2.10. The zero-order valence-corrected chi connectivity index (χ0v) is 11.8. The summed E-state index contributed by atoms with van der Waals surface area (Å²) in [5.74, 6) is 1.23. The van der Waals surface area contributed by atoms with Gasteiger partial charge in [0.15, 0.2) is 0 Å². The summed E-state index contributed by atoms with van der Waals surface area (Å²) in [6.45, 7) is 4.25. The molecule has 0 saturated heterocycles. The van der Waals surface area contributed by atoms with E-state index in [1.165, 1.54) is 0 Å². The molecule has 0 aliphatic rings. The Hall–Kier alpha value is -2.17. The van der Waals surface area contributed by atoms with E-state index < -0.39 is 0 Å². The first kappa shape index (κ1) is 14.2. The minimum atomic E-state index is -0.0156. The van der Waals surface area contributed by atoms with Crippen molar-refractivity contribution < 1.29 is 9.21 Å². The minimum Gasteiger partial charge on any atom is -0.423 e. The van der Waals surface area contributed by atoms with Crippen molar-refractivity contribution in [2.24, 2.45) is 0 Å². The number of aromatic nitrogens is 2. The van der Waals surface area contributed by atoms with Crippen molar-refractivity contribution in [2.75, 3.05) is 0 Å². The van der Waals surface area contributed by atoms with E-state index in [0.29, 0.717) is 18.2 Å². The number of nitrogens with zero attached hydrogens (tertiary/aromatic N) is 2. The van der Waals surface area contributed by atoms with Gasteiger partial charge in [0.25, 0.3) is 0 Å². The molecule has 0 fully saturated rings. The third kappa shape index (κ3) is 4.19. The standard InChI is InChI=1S/C15H19N3O2/c1-11(2)15-18-17-14(20-15)10-16-13(19)9-8-12-6-4-3-5-7-12/h3-7,11H,8-10H2,1-2H3,(H,16,19). The third-order valence-corrected chi connectivity index (χ3v) is 2.90. The van der Waals surface area contributed by atoms with Crippen LogP contribution in [-0.4, -0.2) is 16.1 Å². The van der Waals surface area contributed by atoms with Gasteiger partial charge in [0.05, 0.1) is 6.54 Å². The van der Waals surface area contributed by atoms with Crippen LogP contribution in [-0.2, 0) is 17.8 Å². The number of carbonyl (C=O) groups is 1. The lowest BCUT2D eigenvalue weighted by Crippen LogP contribution is -2.23. The summed E-state index contributed by atoms with van der Waals surface area (Å²) in [5, 5.41) is 10.6. The number of amides is 1. The van der Waals surface area contributed by atoms with Gasteiger partial charge in [-0.05, 0) is 12.0 Å². The second kappa shape index (κ2) is 6.84. The lowest BCUT2D eigenvalue weighted by atomic mass is 10.1. The topological polar surface area (TPSA) is 68.0 Å². The molecule has 0 radical (unpaired) electrons. The molecule has 2 rings (SSSR count). The predicted octanol–water partition coefficient (Wildman–Crippen LogP) is 2.44. The molecular formula is C15H19N3O2. The van der Waals surface area contributed by atoms with E-state index in [4.69, 9.17) is 4.42 Å². The van der Waals surface area contributed by atoms with Gasteiger partial charge >= 0.3 is 0 Å². The van der Waals surface area contributed by atoms with E-state index in [9.17, 15) is 4.79 Å². The molecule has 106 valence electrons. The Morgan fingerprint density at radius 3 is 2.65 bits per heavy atom. The van der Waals surface area contributed by atoms with Crippen LogP contribution in [0.4, 0.5) is 0 Å². The number of hydrogen-bond acceptors (Lipinski definition) is 4. The lowest BCUT2D eigenvalue weighted by molar-refractivity contribution is -0.121. The highest BCUT2D eigenvalue weighted by molar-refractivity contribution is 5.76. The second-order valence-corrected chi connectivity index (χ2v) is 4.95. The number of rotatable bonds is 6. The molecule has 0 spiro atoms. The Bertz CT molecular complexity index is 549.